The van der Waals surface area contributed by atoms with E-state index < -0.39 is 0 Å². The van der Waals surface area contributed by atoms with Crippen LogP contribution in [0.3, 0.4) is 0 Å². The average Bonchev–Trinajstić information content (AvgIpc) is 3.26. The van der Waals surface area contributed by atoms with Crippen LogP contribution in [-0.2, 0) is 7.05 Å². The van der Waals surface area contributed by atoms with Crippen molar-refractivity contribution >= 4 is 0 Å². The molecule has 0 bridgehead atoms. The maximum Gasteiger partial charge on any atom is 0.177 e. The molecule has 0 aliphatic carbocycles. The summed E-state index contributed by atoms with van der Waals surface area (Å²) in [5.74, 6) is 1.72. The number of hydrogen-bond acceptors (Lipinski definition) is 2. The summed E-state index contributed by atoms with van der Waals surface area (Å²) in [5.41, 5.74) is 2.44. The predicted octanol–water partition coefficient (Wildman–Crippen LogP) is 3.92. The minimum absolute atomic E-state index is 0.0570. The summed E-state index contributed by atoms with van der Waals surface area (Å²) in [6.07, 6.45) is 7.60. The molecule has 4 nitrogen and oxygen atoms in total. The highest BCUT2D eigenvalue weighted by atomic mass is 15.2. The summed E-state index contributed by atoms with van der Waals surface area (Å²) >= 11 is 0. The molecule has 4 heteroatoms. The van der Waals surface area contributed by atoms with Gasteiger partial charge in [-0.1, -0.05) is 60.7 Å². The van der Waals surface area contributed by atoms with Crippen molar-refractivity contribution in [1.82, 2.24) is 19.1 Å². The number of benzene rings is 2. The SMILES string of the molecule is Cn1ccnc1-c1nccn1C(c1ccccc1)c1ccccc1. The van der Waals surface area contributed by atoms with E-state index in [4.69, 9.17) is 0 Å². The molecule has 0 atom stereocenters. The fourth-order valence-corrected chi connectivity index (χ4v) is 3.06. The van der Waals surface area contributed by atoms with Crippen LogP contribution < -0.4 is 0 Å². The lowest BCUT2D eigenvalue weighted by Crippen LogP contribution is -2.14. The van der Waals surface area contributed by atoms with Crippen LogP contribution in [0.15, 0.2) is 85.5 Å². The van der Waals surface area contributed by atoms with Gasteiger partial charge in [-0.2, -0.15) is 0 Å². The molecule has 24 heavy (non-hydrogen) atoms. The Morgan fingerprint density at radius 3 is 1.79 bits per heavy atom. The Hall–Kier alpha value is -3.14. The summed E-state index contributed by atoms with van der Waals surface area (Å²) in [4.78, 5) is 9.04. The largest absolute Gasteiger partial charge is 0.331 e. The maximum atomic E-state index is 4.57. The summed E-state index contributed by atoms with van der Waals surface area (Å²) < 4.78 is 4.18. The molecule has 0 saturated heterocycles. The molecule has 2 aromatic carbocycles. The van der Waals surface area contributed by atoms with Crippen molar-refractivity contribution < 1.29 is 0 Å². The van der Waals surface area contributed by atoms with Crippen molar-refractivity contribution in [3.63, 3.8) is 0 Å². The van der Waals surface area contributed by atoms with Gasteiger partial charge in [0.2, 0.25) is 0 Å². The zero-order chi connectivity index (χ0) is 16.4. The van der Waals surface area contributed by atoms with E-state index in [1.807, 2.05) is 42.3 Å². The van der Waals surface area contributed by atoms with E-state index in [1.165, 1.54) is 11.1 Å². The Labute approximate surface area is 141 Å². The predicted molar refractivity (Wildman–Crippen MR) is 94.6 cm³/mol. The Kier molecular flexibility index (Phi) is 3.71. The van der Waals surface area contributed by atoms with Gasteiger partial charge in [0.05, 0.1) is 6.04 Å². The Bertz CT molecular complexity index is 883. The lowest BCUT2D eigenvalue weighted by atomic mass is 9.98. The maximum absolute atomic E-state index is 4.57. The third-order valence-electron chi connectivity index (χ3n) is 4.20. The molecule has 0 fully saturated rings. The molecule has 0 aliphatic rings. The summed E-state index contributed by atoms with van der Waals surface area (Å²) in [5, 5.41) is 0. The van der Waals surface area contributed by atoms with Gasteiger partial charge in [-0.3, -0.25) is 0 Å². The molecule has 0 saturated carbocycles. The fraction of sp³-hybridized carbons (Fsp3) is 0.100. The van der Waals surface area contributed by atoms with Crippen LogP contribution in [0.5, 0.6) is 0 Å². The highest BCUT2D eigenvalue weighted by molar-refractivity contribution is 5.47. The van der Waals surface area contributed by atoms with Crippen LogP contribution >= 0.6 is 0 Å². The van der Waals surface area contributed by atoms with Crippen LogP contribution in [0.1, 0.15) is 17.2 Å². The van der Waals surface area contributed by atoms with E-state index in [2.05, 4.69) is 63.1 Å². The van der Waals surface area contributed by atoms with Gasteiger partial charge in [-0.25, -0.2) is 9.97 Å². The number of aryl methyl sites for hydroxylation is 1. The van der Waals surface area contributed by atoms with Gasteiger partial charge in [-0.15, -0.1) is 0 Å². The van der Waals surface area contributed by atoms with E-state index in [1.54, 1.807) is 6.20 Å². The van der Waals surface area contributed by atoms with Crippen LogP contribution in [0.25, 0.3) is 11.6 Å². The number of imidazole rings is 2. The molecule has 0 amide bonds. The number of hydrogen-bond donors (Lipinski definition) is 0. The first kappa shape index (κ1) is 14.5. The number of nitrogens with zero attached hydrogens (tertiary/aromatic N) is 4. The number of rotatable bonds is 4. The molecule has 2 heterocycles. The Balaban J connectivity index is 1.90. The number of aromatic nitrogens is 4. The van der Waals surface area contributed by atoms with Crippen molar-refractivity contribution in [2.45, 2.75) is 6.04 Å². The zero-order valence-corrected chi connectivity index (χ0v) is 13.4. The summed E-state index contributed by atoms with van der Waals surface area (Å²) in [6.45, 7) is 0. The molecule has 0 unspecified atom stereocenters. The van der Waals surface area contributed by atoms with E-state index in [0.717, 1.165) is 11.6 Å². The second-order valence-electron chi connectivity index (χ2n) is 5.74. The lowest BCUT2D eigenvalue weighted by Gasteiger charge is -2.22. The third kappa shape index (κ3) is 2.52. The van der Waals surface area contributed by atoms with Crippen molar-refractivity contribution in [2.75, 3.05) is 0 Å². The molecular formula is C20H18N4. The minimum Gasteiger partial charge on any atom is -0.331 e. The molecule has 4 rings (SSSR count). The van der Waals surface area contributed by atoms with Crippen molar-refractivity contribution in [1.29, 1.82) is 0 Å². The normalized spacial score (nSPS) is 11.1. The van der Waals surface area contributed by atoms with Crippen LogP contribution in [0, 0.1) is 0 Å². The van der Waals surface area contributed by atoms with Crippen molar-refractivity contribution in [3.05, 3.63) is 96.6 Å². The van der Waals surface area contributed by atoms with Gasteiger partial charge >= 0.3 is 0 Å². The first-order chi connectivity index (χ1) is 11.8. The smallest absolute Gasteiger partial charge is 0.177 e. The molecule has 0 N–H and O–H groups in total. The van der Waals surface area contributed by atoms with Gasteiger partial charge in [-0.05, 0) is 11.1 Å². The molecule has 0 aliphatic heterocycles. The first-order valence-corrected chi connectivity index (χ1v) is 7.95. The van der Waals surface area contributed by atoms with E-state index >= 15 is 0 Å². The second-order valence-corrected chi connectivity index (χ2v) is 5.74. The van der Waals surface area contributed by atoms with Gasteiger partial charge in [0, 0.05) is 31.8 Å². The average molecular weight is 314 g/mol. The molecule has 118 valence electrons. The van der Waals surface area contributed by atoms with Crippen molar-refractivity contribution in [2.24, 2.45) is 7.05 Å². The molecule has 0 spiro atoms. The molecule has 2 aromatic heterocycles. The standard InChI is InChI=1S/C20H18N4/c1-23-14-12-21-19(23)20-22-13-15-24(20)18(16-8-4-2-5-9-16)17-10-6-3-7-11-17/h2-15,18H,1H3. The topological polar surface area (TPSA) is 35.6 Å². The van der Waals surface area contributed by atoms with Gasteiger partial charge in [0.1, 0.15) is 0 Å². The monoisotopic (exact) mass is 314 g/mol. The van der Waals surface area contributed by atoms with Gasteiger partial charge in [0.15, 0.2) is 11.6 Å². The molecule has 4 aromatic rings. The zero-order valence-electron chi connectivity index (χ0n) is 13.4. The van der Waals surface area contributed by atoms with Crippen molar-refractivity contribution in [3.8, 4) is 11.6 Å². The lowest BCUT2D eigenvalue weighted by molar-refractivity contribution is 0.677. The quantitative estimate of drug-likeness (QED) is 0.572. The Morgan fingerprint density at radius 2 is 1.25 bits per heavy atom. The fourth-order valence-electron chi connectivity index (χ4n) is 3.06. The summed E-state index contributed by atoms with van der Waals surface area (Å²) in [7, 11) is 1.99. The van der Waals surface area contributed by atoms with E-state index in [9.17, 15) is 0 Å². The van der Waals surface area contributed by atoms with E-state index in [0.29, 0.717) is 0 Å². The molecular weight excluding hydrogens is 296 g/mol. The summed E-state index contributed by atoms with van der Waals surface area (Å²) in [6, 6.07) is 21.0. The Morgan fingerprint density at radius 1 is 0.708 bits per heavy atom. The second kappa shape index (κ2) is 6.16. The van der Waals surface area contributed by atoms with E-state index in [-0.39, 0.29) is 6.04 Å². The first-order valence-electron chi connectivity index (χ1n) is 7.95. The van der Waals surface area contributed by atoms with Gasteiger partial charge < -0.3 is 9.13 Å². The van der Waals surface area contributed by atoms with Crippen LogP contribution in [0.4, 0.5) is 0 Å². The highest BCUT2D eigenvalue weighted by Gasteiger charge is 2.21. The third-order valence-corrected chi connectivity index (χ3v) is 4.20. The minimum atomic E-state index is 0.0570. The van der Waals surface area contributed by atoms with Gasteiger partial charge in [0.25, 0.3) is 0 Å². The van der Waals surface area contributed by atoms with Crippen LogP contribution in [0.2, 0.25) is 0 Å². The highest BCUT2D eigenvalue weighted by Crippen LogP contribution is 2.30. The van der Waals surface area contributed by atoms with Crippen LogP contribution in [-0.4, -0.2) is 19.1 Å². The molecule has 0 radical (unpaired) electrons.